The van der Waals surface area contributed by atoms with Gasteiger partial charge >= 0.3 is 6.03 Å². The molecular formula is C19H24N4O2. The van der Waals surface area contributed by atoms with Crippen LogP contribution in [0.1, 0.15) is 26.3 Å². The molecule has 1 atom stereocenters. The molecule has 132 valence electrons. The Morgan fingerprint density at radius 3 is 2.72 bits per heavy atom. The van der Waals surface area contributed by atoms with E-state index >= 15 is 0 Å². The van der Waals surface area contributed by atoms with Crippen LogP contribution in [-0.4, -0.2) is 45.9 Å². The molecule has 0 saturated carbocycles. The zero-order chi connectivity index (χ0) is 18.2. The van der Waals surface area contributed by atoms with Crippen LogP contribution in [0.2, 0.25) is 0 Å². The zero-order valence-corrected chi connectivity index (χ0v) is 14.9. The third-order valence-corrected chi connectivity index (χ3v) is 4.57. The maximum absolute atomic E-state index is 12.8. The molecule has 0 aliphatic carbocycles. The lowest BCUT2D eigenvalue weighted by Gasteiger charge is -2.35. The molecule has 0 bridgehead atoms. The first-order valence-electron chi connectivity index (χ1n) is 8.46. The summed E-state index contributed by atoms with van der Waals surface area (Å²) in [4.78, 5) is 32.4. The number of fused-ring (bicyclic) bond motifs is 1. The van der Waals surface area contributed by atoms with Crippen molar-refractivity contribution in [2.75, 3.05) is 13.1 Å². The summed E-state index contributed by atoms with van der Waals surface area (Å²) in [5.41, 5.74) is 7.15. The molecule has 1 aliphatic rings. The lowest BCUT2D eigenvalue weighted by atomic mass is 9.85. The lowest BCUT2D eigenvalue weighted by molar-refractivity contribution is -0.125. The fraction of sp³-hybridized carbons (Fsp3) is 0.421. The molecular weight excluding hydrogens is 316 g/mol. The molecule has 1 aliphatic heterocycles. The van der Waals surface area contributed by atoms with Gasteiger partial charge in [0.15, 0.2) is 0 Å². The number of rotatable bonds is 4. The molecule has 6 nitrogen and oxygen atoms in total. The van der Waals surface area contributed by atoms with E-state index in [9.17, 15) is 9.59 Å². The maximum atomic E-state index is 12.8. The molecule has 1 unspecified atom stereocenters. The number of nitrogens with two attached hydrogens (primary N) is 1. The summed E-state index contributed by atoms with van der Waals surface area (Å²) < 4.78 is 0. The van der Waals surface area contributed by atoms with E-state index in [0.29, 0.717) is 19.6 Å². The molecule has 0 radical (unpaired) electrons. The number of primary amides is 1. The van der Waals surface area contributed by atoms with Crippen LogP contribution in [-0.2, 0) is 11.3 Å². The van der Waals surface area contributed by atoms with Crippen LogP contribution in [0.4, 0.5) is 4.79 Å². The van der Waals surface area contributed by atoms with Gasteiger partial charge in [-0.25, -0.2) is 4.79 Å². The highest BCUT2D eigenvalue weighted by Gasteiger charge is 2.42. The number of urea groups is 1. The van der Waals surface area contributed by atoms with Crippen molar-refractivity contribution in [2.45, 2.75) is 33.4 Å². The normalized spacial score (nSPS) is 16.5. The van der Waals surface area contributed by atoms with Gasteiger partial charge in [0, 0.05) is 31.2 Å². The summed E-state index contributed by atoms with van der Waals surface area (Å²) in [5.74, 6) is -0.459. The molecule has 2 heterocycles. The van der Waals surface area contributed by atoms with E-state index in [-0.39, 0.29) is 6.03 Å². The number of pyridine rings is 1. The summed E-state index contributed by atoms with van der Waals surface area (Å²) in [6.07, 6.45) is 1.76. The van der Waals surface area contributed by atoms with Gasteiger partial charge in [-0.05, 0) is 29.2 Å². The van der Waals surface area contributed by atoms with Crippen molar-refractivity contribution < 1.29 is 9.59 Å². The second-order valence-corrected chi connectivity index (χ2v) is 7.60. The first-order chi connectivity index (χ1) is 11.8. The predicted molar refractivity (Wildman–Crippen MR) is 96.7 cm³/mol. The molecule has 2 aromatic rings. The summed E-state index contributed by atoms with van der Waals surface area (Å²) in [7, 11) is 0. The van der Waals surface area contributed by atoms with Crippen LogP contribution < -0.4 is 5.73 Å². The van der Waals surface area contributed by atoms with E-state index in [0.717, 1.165) is 16.5 Å². The Labute approximate surface area is 147 Å². The van der Waals surface area contributed by atoms with E-state index in [1.807, 2.05) is 51.1 Å². The Hall–Kier alpha value is -2.63. The summed E-state index contributed by atoms with van der Waals surface area (Å²) in [5, 5.41) is 1.05. The van der Waals surface area contributed by atoms with Crippen LogP contribution in [0.15, 0.2) is 36.5 Å². The average Bonchev–Trinajstić information content (AvgIpc) is 2.87. The van der Waals surface area contributed by atoms with Gasteiger partial charge in [-0.2, -0.15) is 0 Å². The third kappa shape index (κ3) is 3.43. The second-order valence-electron chi connectivity index (χ2n) is 7.60. The minimum atomic E-state index is -0.606. The Bertz CT molecular complexity index is 812. The van der Waals surface area contributed by atoms with Gasteiger partial charge in [-0.1, -0.05) is 32.9 Å². The van der Waals surface area contributed by atoms with Gasteiger partial charge in [0.2, 0.25) is 5.91 Å². The SMILES string of the molecule is CC(C)(C)C(C(N)=O)N1CCN(Cc2ccc3ncccc3c2)C1=O. The Morgan fingerprint density at radius 1 is 1.28 bits per heavy atom. The van der Waals surface area contributed by atoms with Crippen molar-refractivity contribution in [2.24, 2.45) is 11.1 Å². The first kappa shape index (κ1) is 17.2. The van der Waals surface area contributed by atoms with Crippen molar-refractivity contribution in [3.8, 4) is 0 Å². The quantitative estimate of drug-likeness (QED) is 0.928. The van der Waals surface area contributed by atoms with E-state index in [1.165, 1.54) is 0 Å². The fourth-order valence-electron chi connectivity index (χ4n) is 3.48. The molecule has 25 heavy (non-hydrogen) atoms. The standard InChI is InChI=1S/C19H24N4O2/c1-19(2,3)16(17(20)24)23-10-9-22(18(23)25)12-13-6-7-15-14(11-13)5-4-8-21-15/h4-8,11,16H,9-10,12H2,1-3H3,(H2,20,24). The first-order valence-corrected chi connectivity index (χ1v) is 8.46. The minimum absolute atomic E-state index is 0.134. The average molecular weight is 340 g/mol. The molecule has 3 amide bonds. The molecule has 1 saturated heterocycles. The highest BCUT2D eigenvalue weighted by atomic mass is 16.2. The van der Waals surface area contributed by atoms with Crippen molar-refractivity contribution in [3.63, 3.8) is 0 Å². The Kier molecular flexibility index (Phi) is 4.37. The van der Waals surface area contributed by atoms with Crippen LogP contribution in [0.25, 0.3) is 10.9 Å². The number of hydrogen-bond acceptors (Lipinski definition) is 3. The van der Waals surface area contributed by atoms with Gasteiger partial charge in [0.25, 0.3) is 0 Å². The van der Waals surface area contributed by atoms with Crippen LogP contribution in [0, 0.1) is 5.41 Å². The highest BCUT2D eigenvalue weighted by Crippen LogP contribution is 2.28. The van der Waals surface area contributed by atoms with Crippen molar-refractivity contribution >= 4 is 22.8 Å². The number of hydrogen-bond donors (Lipinski definition) is 1. The number of carbonyl (C=O) groups excluding carboxylic acids is 2. The number of aromatic nitrogens is 1. The van der Waals surface area contributed by atoms with E-state index in [2.05, 4.69) is 4.98 Å². The Balaban J connectivity index is 1.78. The highest BCUT2D eigenvalue weighted by molar-refractivity contribution is 5.87. The van der Waals surface area contributed by atoms with Gasteiger partial charge < -0.3 is 15.5 Å². The van der Waals surface area contributed by atoms with Crippen molar-refractivity contribution in [1.82, 2.24) is 14.8 Å². The summed E-state index contributed by atoms with van der Waals surface area (Å²) >= 11 is 0. The summed E-state index contributed by atoms with van der Waals surface area (Å²) in [6, 6.07) is 9.16. The predicted octanol–water partition coefficient (Wildman–Crippen LogP) is 2.37. The second kappa shape index (κ2) is 6.35. The largest absolute Gasteiger partial charge is 0.368 e. The zero-order valence-electron chi connectivity index (χ0n) is 14.9. The number of amides is 3. The molecule has 2 N–H and O–H groups in total. The smallest absolute Gasteiger partial charge is 0.321 e. The molecule has 6 heteroatoms. The third-order valence-electron chi connectivity index (χ3n) is 4.57. The van der Waals surface area contributed by atoms with E-state index in [1.54, 1.807) is 16.0 Å². The van der Waals surface area contributed by atoms with Crippen molar-refractivity contribution in [1.29, 1.82) is 0 Å². The molecule has 0 spiro atoms. The molecule has 1 fully saturated rings. The van der Waals surface area contributed by atoms with E-state index < -0.39 is 17.4 Å². The molecule has 1 aromatic heterocycles. The van der Waals surface area contributed by atoms with Crippen LogP contribution in [0.3, 0.4) is 0 Å². The van der Waals surface area contributed by atoms with Gasteiger partial charge in [0.05, 0.1) is 5.52 Å². The monoisotopic (exact) mass is 340 g/mol. The van der Waals surface area contributed by atoms with Crippen LogP contribution in [0.5, 0.6) is 0 Å². The number of carbonyl (C=O) groups is 2. The Morgan fingerprint density at radius 2 is 2.04 bits per heavy atom. The van der Waals surface area contributed by atoms with Gasteiger partial charge in [0.1, 0.15) is 6.04 Å². The van der Waals surface area contributed by atoms with Gasteiger partial charge in [-0.15, -0.1) is 0 Å². The molecule has 1 aromatic carbocycles. The fourth-order valence-corrected chi connectivity index (χ4v) is 3.48. The molecule has 3 rings (SSSR count). The van der Waals surface area contributed by atoms with Gasteiger partial charge in [-0.3, -0.25) is 9.78 Å². The van der Waals surface area contributed by atoms with Crippen LogP contribution >= 0.6 is 0 Å². The number of benzene rings is 1. The van der Waals surface area contributed by atoms with E-state index in [4.69, 9.17) is 5.73 Å². The number of nitrogens with zero attached hydrogens (tertiary/aromatic N) is 3. The topological polar surface area (TPSA) is 79.5 Å². The summed E-state index contributed by atoms with van der Waals surface area (Å²) in [6.45, 7) is 7.39. The lowest BCUT2D eigenvalue weighted by Crippen LogP contribution is -2.53. The van der Waals surface area contributed by atoms with Crippen molar-refractivity contribution in [3.05, 3.63) is 42.1 Å². The minimum Gasteiger partial charge on any atom is -0.368 e. The maximum Gasteiger partial charge on any atom is 0.321 e.